The third-order valence-corrected chi connectivity index (χ3v) is 6.08. The molecule has 1 amide bonds. The Bertz CT molecular complexity index is 828. The number of halogens is 1. The van der Waals surface area contributed by atoms with E-state index in [0.29, 0.717) is 5.69 Å². The Hall–Kier alpha value is -1.85. The Morgan fingerprint density at radius 3 is 2.57 bits per heavy atom. The van der Waals surface area contributed by atoms with Gasteiger partial charge < -0.3 is 10.6 Å². The number of hydrogen-bond donors (Lipinski definition) is 1. The summed E-state index contributed by atoms with van der Waals surface area (Å²) in [5, 5.41) is 4.85. The van der Waals surface area contributed by atoms with Gasteiger partial charge in [-0.15, -0.1) is 12.4 Å². The summed E-state index contributed by atoms with van der Waals surface area (Å²) in [5.74, 6) is 0.0704. The number of carbonyl (C=O) groups is 1. The molecular weight excluding hydrogens is 372 g/mol. The Morgan fingerprint density at radius 1 is 1.14 bits per heavy atom. The highest BCUT2D eigenvalue weighted by molar-refractivity contribution is 5.94. The summed E-state index contributed by atoms with van der Waals surface area (Å²) < 4.78 is 2.01. The normalized spacial score (nSPS) is 20.2. The number of nitrogens with two attached hydrogens (primary N) is 1. The maximum absolute atomic E-state index is 13.5. The third-order valence-electron chi connectivity index (χ3n) is 6.08. The maximum atomic E-state index is 13.5. The van der Waals surface area contributed by atoms with Crippen LogP contribution in [-0.4, -0.2) is 39.2 Å². The van der Waals surface area contributed by atoms with Gasteiger partial charge in [-0.25, -0.2) is 4.68 Å². The molecule has 4 rings (SSSR count). The molecule has 2 atom stereocenters. The zero-order valence-electron chi connectivity index (χ0n) is 16.9. The summed E-state index contributed by atoms with van der Waals surface area (Å²) in [4.78, 5) is 15.5. The lowest BCUT2D eigenvalue weighted by Gasteiger charge is -2.37. The molecule has 5 nitrogen and oxygen atoms in total. The number of fused-ring (bicyclic) bond motifs is 1. The summed E-state index contributed by atoms with van der Waals surface area (Å²) in [7, 11) is 0. The molecule has 28 heavy (non-hydrogen) atoms. The third kappa shape index (κ3) is 3.83. The first-order valence-corrected chi connectivity index (χ1v) is 10.3. The molecule has 6 heteroatoms. The monoisotopic (exact) mass is 402 g/mol. The molecule has 1 aromatic heterocycles. The van der Waals surface area contributed by atoms with E-state index in [1.165, 1.54) is 11.3 Å². The SMILES string of the molecule is Cc1ccc(-n2nc(C(=O)N3CCCCC3C(C)N)c3c2CCCC3)cc1.Cl. The van der Waals surface area contributed by atoms with Crippen molar-refractivity contribution in [3.63, 3.8) is 0 Å². The molecule has 0 saturated carbocycles. The molecule has 2 N–H and O–H groups in total. The van der Waals surface area contributed by atoms with Gasteiger partial charge in [0, 0.05) is 29.9 Å². The van der Waals surface area contributed by atoms with E-state index in [-0.39, 0.29) is 30.4 Å². The number of piperidine rings is 1. The van der Waals surface area contributed by atoms with Crippen molar-refractivity contribution in [2.24, 2.45) is 5.73 Å². The number of hydrogen-bond acceptors (Lipinski definition) is 3. The van der Waals surface area contributed by atoms with Crippen molar-refractivity contribution in [1.29, 1.82) is 0 Å². The summed E-state index contributed by atoms with van der Waals surface area (Å²) in [6.45, 7) is 4.88. The standard InChI is InChI=1S/C22H30N4O.ClH/c1-15-10-12-17(13-11-15)26-20-9-4-3-7-18(20)21(24-26)22(27)25-14-6-5-8-19(25)16(2)23;/h10-13,16,19H,3-9,14,23H2,1-2H3;1H. The zero-order valence-corrected chi connectivity index (χ0v) is 17.7. The summed E-state index contributed by atoms with van der Waals surface area (Å²) >= 11 is 0. The summed E-state index contributed by atoms with van der Waals surface area (Å²) in [6, 6.07) is 8.50. The largest absolute Gasteiger partial charge is 0.333 e. The lowest BCUT2D eigenvalue weighted by atomic mass is 9.93. The predicted molar refractivity (Wildman–Crippen MR) is 115 cm³/mol. The Labute approximate surface area is 173 Å². The van der Waals surface area contributed by atoms with Gasteiger partial charge in [0.05, 0.1) is 5.69 Å². The van der Waals surface area contributed by atoms with Crippen LogP contribution >= 0.6 is 12.4 Å². The van der Waals surface area contributed by atoms with Crippen molar-refractivity contribution in [3.8, 4) is 5.69 Å². The van der Waals surface area contributed by atoms with Crippen molar-refractivity contribution in [2.75, 3.05) is 6.54 Å². The summed E-state index contributed by atoms with van der Waals surface area (Å²) in [6.07, 6.45) is 7.40. The molecule has 1 aliphatic heterocycles. The minimum atomic E-state index is -0.00994. The number of likely N-dealkylation sites (tertiary alicyclic amines) is 1. The second kappa shape index (κ2) is 8.66. The maximum Gasteiger partial charge on any atom is 0.274 e. The number of rotatable bonds is 3. The van der Waals surface area contributed by atoms with Crippen LogP contribution in [0.15, 0.2) is 24.3 Å². The Balaban J connectivity index is 0.00000225. The summed E-state index contributed by atoms with van der Waals surface area (Å²) in [5.41, 5.74) is 11.5. The molecule has 1 saturated heterocycles. The van der Waals surface area contributed by atoms with Crippen LogP contribution < -0.4 is 5.73 Å². The van der Waals surface area contributed by atoms with Crippen LogP contribution in [0.1, 0.15) is 66.3 Å². The highest BCUT2D eigenvalue weighted by atomic mass is 35.5. The Morgan fingerprint density at radius 2 is 1.86 bits per heavy atom. The van der Waals surface area contributed by atoms with Crippen molar-refractivity contribution in [3.05, 3.63) is 46.8 Å². The van der Waals surface area contributed by atoms with Gasteiger partial charge in [-0.1, -0.05) is 17.7 Å². The second-order valence-corrected chi connectivity index (χ2v) is 8.15. The number of benzene rings is 1. The molecule has 1 fully saturated rings. The topological polar surface area (TPSA) is 64.2 Å². The van der Waals surface area contributed by atoms with Gasteiger partial charge in [-0.2, -0.15) is 5.10 Å². The van der Waals surface area contributed by atoms with Crippen molar-refractivity contribution in [2.45, 2.75) is 70.9 Å². The minimum Gasteiger partial charge on any atom is -0.333 e. The smallest absolute Gasteiger partial charge is 0.274 e. The van der Waals surface area contributed by atoms with E-state index in [1.807, 2.05) is 16.5 Å². The second-order valence-electron chi connectivity index (χ2n) is 8.15. The number of aromatic nitrogens is 2. The van der Waals surface area contributed by atoms with Crippen LogP contribution in [0.4, 0.5) is 0 Å². The van der Waals surface area contributed by atoms with Crippen LogP contribution in [0, 0.1) is 6.92 Å². The zero-order chi connectivity index (χ0) is 19.0. The molecule has 0 radical (unpaired) electrons. The molecule has 2 heterocycles. The van der Waals surface area contributed by atoms with E-state index in [0.717, 1.165) is 62.7 Å². The fraction of sp³-hybridized carbons (Fsp3) is 0.545. The Kier molecular flexibility index (Phi) is 6.46. The average molecular weight is 403 g/mol. The first kappa shape index (κ1) is 20.9. The molecule has 1 aromatic carbocycles. The molecule has 2 aromatic rings. The number of nitrogens with zero attached hydrogens (tertiary/aromatic N) is 3. The van der Waals surface area contributed by atoms with E-state index in [1.54, 1.807) is 0 Å². The molecule has 152 valence electrons. The van der Waals surface area contributed by atoms with Gasteiger partial charge in [0.2, 0.25) is 0 Å². The molecule has 0 bridgehead atoms. The molecule has 2 unspecified atom stereocenters. The van der Waals surface area contributed by atoms with Gasteiger partial charge in [0.1, 0.15) is 0 Å². The van der Waals surface area contributed by atoms with Crippen LogP contribution in [0.25, 0.3) is 5.69 Å². The van der Waals surface area contributed by atoms with Gasteiger partial charge in [-0.05, 0) is 70.9 Å². The lowest BCUT2D eigenvalue weighted by molar-refractivity contribution is 0.0576. The van der Waals surface area contributed by atoms with E-state index in [2.05, 4.69) is 31.2 Å². The fourth-order valence-electron chi connectivity index (χ4n) is 4.56. The minimum absolute atomic E-state index is 0. The van der Waals surface area contributed by atoms with Gasteiger partial charge in [0.15, 0.2) is 5.69 Å². The quantitative estimate of drug-likeness (QED) is 0.848. The van der Waals surface area contributed by atoms with Crippen LogP contribution in [-0.2, 0) is 12.8 Å². The van der Waals surface area contributed by atoms with Crippen LogP contribution in [0.3, 0.4) is 0 Å². The predicted octanol–water partition coefficient (Wildman–Crippen LogP) is 3.82. The van der Waals surface area contributed by atoms with E-state index >= 15 is 0 Å². The fourth-order valence-corrected chi connectivity index (χ4v) is 4.56. The molecular formula is C22H31ClN4O. The van der Waals surface area contributed by atoms with Crippen LogP contribution in [0.5, 0.6) is 0 Å². The lowest BCUT2D eigenvalue weighted by Crippen LogP contribution is -2.52. The highest BCUT2D eigenvalue weighted by Crippen LogP contribution is 2.29. The molecule has 0 spiro atoms. The van der Waals surface area contributed by atoms with Crippen molar-refractivity contribution < 1.29 is 4.79 Å². The van der Waals surface area contributed by atoms with E-state index in [9.17, 15) is 4.79 Å². The molecule has 1 aliphatic carbocycles. The number of amides is 1. The van der Waals surface area contributed by atoms with Crippen molar-refractivity contribution >= 4 is 18.3 Å². The number of aryl methyl sites for hydroxylation is 1. The van der Waals surface area contributed by atoms with Gasteiger partial charge in [-0.3, -0.25) is 4.79 Å². The highest BCUT2D eigenvalue weighted by Gasteiger charge is 2.34. The first-order valence-electron chi connectivity index (χ1n) is 10.3. The van der Waals surface area contributed by atoms with E-state index < -0.39 is 0 Å². The first-order chi connectivity index (χ1) is 13.1. The van der Waals surface area contributed by atoms with Gasteiger partial charge >= 0.3 is 0 Å². The van der Waals surface area contributed by atoms with E-state index in [4.69, 9.17) is 10.8 Å². The average Bonchev–Trinajstić information content (AvgIpc) is 3.08. The van der Waals surface area contributed by atoms with Gasteiger partial charge in [0.25, 0.3) is 5.91 Å². The number of carbonyl (C=O) groups excluding carboxylic acids is 1. The van der Waals surface area contributed by atoms with Crippen molar-refractivity contribution in [1.82, 2.24) is 14.7 Å². The molecule has 2 aliphatic rings. The van der Waals surface area contributed by atoms with Crippen LogP contribution in [0.2, 0.25) is 0 Å².